The molecule has 0 atom stereocenters. The van der Waals surface area contributed by atoms with Crippen LogP contribution in [0.1, 0.15) is 0 Å². The first-order valence-electron chi connectivity index (χ1n) is 6.55. The van der Waals surface area contributed by atoms with E-state index in [1.807, 2.05) is 24.4 Å². The van der Waals surface area contributed by atoms with Gasteiger partial charge in [-0.05, 0) is 12.1 Å². The molecule has 0 unspecified atom stereocenters. The molecule has 0 aromatic carbocycles. The lowest BCUT2D eigenvalue weighted by atomic mass is 10.3. The first kappa shape index (κ1) is 16.5. The highest BCUT2D eigenvalue weighted by atomic mass is 35.5. The molecule has 0 spiro atoms. The summed E-state index contributed by atoms with van der Waals surface area (Å²) in [5.41, 5.74) is 0. The summed E-state index contributed by atoms with van der Waals surface area (Å²) in [5.74, 6) is 1.07. The van der Waals surface area contributed by atoms with Crippen LogP contribution < -0.4 is 10.2 Å². The van der Waals surface area contributed by atoms with E-state index in [1.165, 1.54) is 0 Å². The Labute approximate surface area is 126 Å². The molecule has 2 rings (SSSR count). The van der Waals surface area contributed by atoms with Crippen LogP contribution in [0, 0.1) is 0 Å². The molecule has 1 aliphatic heterocycles. The summed E-state index contributed by atoms with van der Waals surface area (Å²) in [6.07, 6.45) is 3.50. The molecule has 1 aliphatic rings. The van der Waals surface area contributed by atoms with Gasteiger partial charge in [-0.25, -0.2) is 4.98 Å². The zero-order valence-corrected chi connectivity index (χ0v) is 12.3. The molecule has 2 heterocycles. The number of rotatable bonds is 5. The molecule has 1 amide bonds. The Morgan fingerprint density at radius 2 is 2.10 bits per heavy atom. The summed E-state index contributed by atoms with van der Waals surface area (Å²) >= 11 is 0. The highest BCUT2D eigenvalue weighted by Gasteiger charge is 2.19. The van der Waals surface area contributed by atoms with Crippen LogP contribution in [0.2, 0.25) is 0 Å². The first-order valence-corrected chi connectivity index (χ1v) is 6.55. The SMILES string of the molecule is C=CCNC(=O)CN1CCN(c2ccccn2)CC1.Cl. The molecule has 6 heteroatoms. The number of carbonyl (C=O) groups excluding carboxylic acids is 1. The van der Waals surface area contributed by atoms with E-state index in [9.17, 15) is 4.79 Å². The number of hydrogen-bond acceptors (Lipinski definition) is 4. The second-order valence-electron chi connectivity index (χ2n) is 4.54. The van der Waals surface area contributed by atoms with Crippen LogP contribution in [-0.2, 0) is 4.79 Å². The average molecular weight is 297 g/mol. The minimum atomic E-state index is 0. The summed E-state index contributed by atoms with van der Waals surface area (Å²) in [6, 6.07) is 5.94. The Morgan fingerprint density at radius 1 is 1.35 bits per heavy atom. The van der Waals surface area contributed by atoms with Crippen molar-refractivity contribution in [2.45, 2.75) is 0 Å². The monoisotopic (exact) mass is 296 g/mol. The van der Waals surface area contributed by atoms with E-state index in [2.05, 4.69) is 26.7 Å². The summed E-state index contributed by atoms with van der Waals surface area (Å²) in [4.78, 5) is 20.4. The van der Waals surface area contributed by atoms with Gasteiger partial charge in [0.1, 0.15) is 5.82 Å². The molecule has 1 aromatic rings. The molecular weight excluding hydrogens is 276 g/mol. The van der Waals surface area contributed by atoms with Crippen molar-refractivity contribution in [2.24, 2.45) is 0 Å². The third kappa shape index (κ3) is 4.83. The number of nitrogens with zero attached hydrogens (tertiary/aromatic N) is 3. The number of pyridine rings is 1. The van der Waals surface area contributed by atoms with Gasteiger partial charge < -0.3 is 10.2 Å². The molecule has 0 saturated carbocycles. The molecule has 0 bridgehead atoms. The van der Waals surface area contributed by atoms with Crippen LogP contribution >= 0.6 is 12.4 Å². The fourth-order valence-electron chi connectivity index (χ4n) is 2.12. The van der Waals surface area contributed by atoms with Gasteiger partial charge >= 0.3 is 0 Å². The third-order valence-corrected chi connectivity index (χ3v) is 3.16. The maximum absolute atomic E-state index is 11.6. The highest BCUT2D eigenvalue weighted by molar-refractivity contribution is 5.85. The molecule has 0 radical (unpaired) electrons. The van der Waals surface area contributed by atoms with Gasteiger partial charge in [0.2, 0.25) is 5.91 Å². The number of amides is 1. The maximum atomic E-state index is 11.6. The third-order valence-electron chi connectivity index (χ3n) is 3.16. The Kier molecular flexibility index (Phi) is 7.04. The van der Waals surface area contributed by atoms with Crippen molar-refractivity contribution < 1.29 is 4.79 Å². The van der Waals surface area contributed by atoms with Gasteiger partial charge in [0.15, 0.2) is 0 Å². The van der Waals surface area contributed by atoms with Gasteiger partial charge in [-0.1, -0.05) is 12.1 Å². The largest absolute Gasteiger partial charge is 0.354 e. The quantitative estimate of drug-likeness (QED) is 0.821. The van der Waals surface area contributed by atoms with Gasteiger partial charge in [-0.15, -0.1) is 19.0 Å². The Morgan fingerprint density at radius 3 is 2.70 bits per heavy atom. The van der Waals surface area contributed by atoms with E-state index < -0.39 is 0 Å². The van der Waals surface area contributed by atoms with Gasteiger partial charge in [0.05, 0.1) is 6.54 Å². The van der Waals surface area contributed by atoms with Gasteiger partial charge in [-0.2, -0.15) is 0 Å². The predicted molar refractivity (Wildman–Crippen MR) is 83.3 cm³/mol. The van der Waals surface area contributed by atoms with E-state index >= 15 is 0 Å². The normalized spacial score (nSPS) is 15.3. The zero-order valence-electron chi connectivity index (χ0n) is 11.5. The van der Waals surface area contributed by atoms with E-state index in [0.29, 0.717) is 13.1 Å². The van der Waals surface area contributed by atoms with Crippen LogP contribution in [0.15, 0.2) is 37.1 Å². The average Bonchev–Trinajstić information content (AvgIpc) is 2.47. The second-order valence-corrected chi connectivity index (χ2v) is 4.54. The molecule has 1 saturated heterocycles. The minimum Gasteiger partial charge on any atom is -0.354 e. The number of piperazine rings is 1. The second kappa shape index (κ2) is 8.55. The number of aromatic nitrogens is 1. The van der Waals surface area contributed by atoms with E-state index in [-0.39, 0.29) is 18.3 Å². The molecular formula is C14H21ClN4O. The fourth-order valence-corrected chi connectivity index (χ4v) is 2.12. The lowest BCUT2D eigenvalue weighted by molar-refractivity contribution is -0.122. The standard InChI is InChI=1S/C14H20N4O.ClH/c1-2-6-16-14(19)12-17-8-10-18(11-9-17)13-5-3-4-7-15-13;/h2-5,7H,1,6,8-12H2,(H,16,19);1H. The summed E-state index contributed by atoms with van der Waals surface area (Å²) < 4.78 is 0. The van der Waals surface area contributed by atoms with Gasteiger partial charge in [0.25, 0.3) is 0 Å². The smallest absolute Gasteiger partial charge is 0.234 e. The molecule has 0 aliphatic carbocycles. The van der Waals surface area contributed by atoms with Crippen molar-refractivity contribution in [1.29, 1.82) is 0 Å². The van der Waals surface area contributed by atoms with Crippen LogP contribution in [0.3, 0.4) is 0 Å². The molecule has 1 fully saturated rings. The lowest BCUT2D eigenvalue weighted by Gasteiger charge is -2.34. The van der Waals surface area contributed by atoms with E-state index in [1.54, 1.807) is 6.08 Å². The number of halogens is 1. The van der Waals surface area contributed by atoms with E-state index in [0.717, 1.165) is 32.0 Å². The predicted octanol–water partition coefficient (Wildman–Crippen LogP) is 0.928. The highest BCUT2D eigenvalue weighted by Crippen LogP contribution is 2.11. The number of nitrogens with one attached hydrogen (secondary N) is 1. The van der Waals surface area contributed by atoms with Crippen LogP contribution in [0.4, 0.5) is 5.82 Å². The minimum absolute atomic E-state index is 0. The van der Waals surface area contributed by atoms with Gasteiger partial charge in [-0.3, -0.25) is 9.69 Å². The van der Waals surface area contributed by atoms with Crippen molar-refractivity contribution in [3.63, 3.8) is 0 Å². The molecule has 5 nitrogen and oxygen atoms in total. The molecule has 20 heavy (non-hydrogen) atoms. The number of carbonyl (C=O) groups is 1. The van der Waals surface area contributed by atoms with Crippen LogP contribution in [0.25, 0.3) is 0 Å². The van der Waals surface area contributed by atoms with Crippen LogP contribution in [-0.4, -0.2) is 55.1 Å². The maximum Gasteiger partial charge on any atom is 0.234 e. The molecule has 110 valence electrons. The van der Waals surface area contributed by atoms with Crippen molar-refractivity contribution >= 4 is 24.1 Å². The summed E-state index contributed by atoms with van der Waals surface area (Å²) in [6.45, 7) is 8.17. The molecule has 1 N–H and O–H groups in total. The van der Waals surface area contributed by atoms with Crippen molar-refractivity contribution in [2.75, 3.05) is 44.2 Å². The van der Waals surface area contributed by atoms with Crippen molar-refractivity contribution in [3.05, 3.63) is 37.1 Å². The van der Waals surface area contributed by atoms with Crippen molar-refractivity contribution in [3.8, 4) is 0 Å². The van der Waals surface area contributed by atoms with Crippen molar-refractivity contribution in [1.82, 2.24) is 15.2 Å². The topological polar surface area (TPSA) is 48.5 Å². The number of hydrogen-bond donors (Lipinski definition) is 1. The number of anilines is 1. The summed E-state index contributed by atoms with van der Waals surface area (Å²) in [7, 11) is 0. The molecule has 1 aromatic heterocycles. The first-order chi connectivity index (χ1) is 9.29. The fraction of sp³-hybridized carbons (Fsp3) is 0.429. The Balaban J connectivity index is 0.00000200. The Bertz CT molecular complexity index is 418. The van der Waals surface area contributed by atoms with E-state index in [4.69, 9.17) is 0 Å². The van der Waals surface area contributed by atoms with Gasteiger partial charge in [0, 0.05) is 38.9 Å². The zero-order chi connectivity index (χ0) is 13.5. The Hall–Kier alpha value is -1.59. The van der Waals surface area contributed by atoms with Crippen LogP contribution in [0.5, 0.6) is 0 Å². The summed E-state index contributed by atoms with van der Waals surface area (Å²) in [5, 5.41) is 2.80. The lowest BCUT2D eigenvalue weighted by Crippen LogP contribution is -2.49.